The van der Waals surface area contributed by atoms with Crippen molar-refractivity contribution in [2.75, 3.05) is 13.1 Å². The van der Waals surface area contributed by atoms with Crippen LogP contribution in [0.15, 0.2) is 54.6 Å². The Balaban J connectivity index is 1.94. The number of carbonyl (C=O) groups excluding carboxylic acids is 3. The molecule has 0 radical (unpaired) electrons. The van der Waals surface area contributed by atoms with Gasteiger partial charge in [0.1, 0.15) is 4.91 Å². The first-order chi connectivity index (χ1) is 19.3. The molecule has 1 heterocycles. The molecule has 11 heteroatoms. The SMILES string of the molecule is CC(C)CNC[C@@H](O)[C@H](CC(C)C)NC(=O)c1cc(C(=O)N[C@H](C)c2ccccc2)cc(C2=CC(=O)NS2(=O)=O)c1. The third-order valence-electron chi connectivity index (χ3n) is 6.59. The van der Waals surface area contributed by atoms with Gasteiger partial charge in [0.25, 0.3) is 27.7 Å². The van der Waals surface area contributed by atoms with Crippen molar-refractivity contribution >= 4 is 32.6 Å². The third-order valence-corrected chi connectivity index (χ3v) is 7.99. The Morgan fingerprint density at radius 2 is 1.49 bits per heavy atom. The van der Waals surface area contributed by atoms with Crippen LogP contribution in [-0.4, -0.2) is 56.5 Å². The molecule has 3 atom stereocenters. The van der Waals surface area contributed by atoms with E-state index in [1.165, 1.54) is 18.2 Å². The predicted octanol–water partition coefficient (Wildman–Crippen LogP) is 2.73. The summed E-state index contributed by atoms with van der Waals surface area (Å²) in [5, 5.41) is 19.8. The van der Waals surface area contributed by atoms with Gasteiger partial charge in [0, 0.05) is 23.7 Å². The van der Waals surface area contributed by atoms with Gasteiger partial charge in [-0.3, -0.25) is 14.4 Å². The van der Waals surface area contributed by atoms with Gasteiger partial charge in [-0.1, -0.05) is 58.0 Å². The second kappa shape index (κ2) is 13.9. The van der Waals surface area contributed by atoms with Gasteiger partial charge in [0.05, 0.1) is 18.2 Å². The van der Waals surface area contributed by atoms with E-state index >= 15 is 0 Å². The lowest BCUT2D eigenvalue weighted by Gasteiger charge is -2.26. The molecule has 0 aliphatic carbocycles. The minimum absolute atomic E-state index is 0.0200. The molecule has 0 saturated carbocycles. The van der Waals surface area contributed by atoms with Crippen LogP contribution in [0.2, 0.25) is 0 Å². The molecule has 222 valence electrons. The van der Waals surface area contributed by atoms with Gasteiger partial charge in [-0.2, -0.15) is 0 Å². The van der Waals surface area contributed by atoms with Crippen LogP contribution in [0.5, 0.6) is 0 Å². The van der Waals surface area contributed by atoms with E-state index in [1.54, 1.807) is 0 Å². The second-order valence-corrected chi connectivity index (χ2v) is 12.9. The van der Waals surface area contributed by atoms with Gasteiger partial charge in [-0.05, 0) is 61.1 Å². The molecule has 1 aliphatic heterocycles. The molecule has 0 unspecified atom stereocenters. The molecule has 2 aromatic rings. The smallest absolute Gasteiger partial charge is 0.265 e. The van der Waals surface area contributed by atoms with Crippen LogP contribution >= 0.6 is 0 Å². The number of nitrogens with one attached hydrogen (secondary N) is 4. The van der Waals surface area contributed by atoms with Crippen molar-refractivity contribution in [2.24, 2.45) is 11.8 Å². The van der Waals surface area contributed by atoms with Crippen LogP contribution in [0.3, 0.4) is 0 Å². The predicted molar refractivity (Wildman–Crippen MR) is 158 cm³/mol. The van der Waals surface area contributed by atoms with Crippen LogP contribution in [0, 0.1) is 11.8 Å². The highest BCUT2D eigenvalue weighted by atomic mass is 32.2. The van der Waals surface area contributed by atoms with Gasteiger partial charge in [0.2, 0.25) is 0 Å². The van der Waals surface area contributed by atoms with Crippen LogP contribution in [0.4, 0.5) is 0 Å². The van der Waals surface area contributed by atoms with E-state index in [4.69, 9.17) is 0 Å². The summed E-state index contributed by atoms with van der Waals surface area (Å²) in [5.41, 5.74) is 0.951. The highest BCUT2D eigenvalue weighted by Gasteiger charge is 2.31. The zero-order valence-electron chi connectivity index (χ0n) is 24.1. The van der Waals surface area contributed by atoms with E-state index < -0.39 is 39.9 Å². The normalized spacial score (nSPS) is 16.6. The minimum atomic E-state index is -4.16. The summed E-state index contributed by atoms with van der Waals surface area (Å²) < 4.78 is 27.1. The second-order valence-electron chi connectivity index (χ2n) is 11.2. The molecule has 1 aliphatic rings. The number of carbonyl (C=O) groups is 3. The summed E-state index contributed by atoms with van der Waals surface area (Å²) in [6, 6.07) is 12.4. The highest BCUT2D eigenvalue weighted by molar-refractivity contribution is 7.99. The summed E-state index contributed by atoms with van der Waals surface area (Å²) in [6.45, 7) is 10.9. The molecule has 3 rings (SSSR count). The van der Waals surface area contributed by atoms with Gasteiger partial charge in [-0.25, -0.2) is 13.1 Å². The minimum Gasteiger partial charge on any atom is -0.390 e. The van der Waals surface area contributed by atoms with Gasteiger partial charge < -0.3 is 21.1 Å². The maximum Gasteiger partial charge on any atom is 0.265 e. The largest absolute Gasteiger partial charge is 0.390 e. The lowest BCUT2D eigenvalue weighted by atomic mass is 9.97. The van der Waals surface area contributed by atoms with Crippen molar-refractivity contribution in [1.29, 1.82) is 0 Å². The number of aliphatic hydroxyl groups is 1. The van der Waals surface area contributed by atoms with E-state index in [0.717, 1.165) is 11.6 Å². The highest BCUT2D eigenvalue weighted by Crippen LogP contribution is 2.27. The van der Waals surface area contributed by atoms with Crippen molar-refractivity contribution in [2.45, 2.75) is 59.2 Å². The summed E-state index contributed by atoms with van der Waals surface area (Å²) in [6.07, 6.45) is 0.542. The summed E-state index contributed by atoms with van der Waals surface area (Å²) >= 11 is 0. The molecule has 0 saturated heterocycles. The van der Waals surface area contributed by atoms with Crippen LogP contribution in [-0.2, 0) is 14.8 Å². The average Bonchev–Trinajstić information content (AvgIpc) is 3.19. The molecule has 0 bridgehead atoms. The Labute approximate surface area is 242 Å². The number of hydrogen-bond donors (Lipinski definition) is 5. The Kier molecular flexibility index (Phi) is 10.8. The molecule has 0 fully saturated rings. The van der Waals surface area contributed by atoms with E-state index in [2.05, 4.69) is 29.8 Å². The fourth-order valence-electron chi connectivity index (χ4n) is 4.52. The van der Waals surface area contributed by atoms with Crippen LogP contribution in [0.1, 0.15) is 78.9 Å². The number of sulfonamides is 1. The van der Waals surface area contributed by atoms with Gasteiger partial charge in [0.15, 0.2) is 0 Å². The molecule has 0 spiro atoms. The van der Waals surface area contributed by atoms with E-state index in [0.29, 0.717) is 18.9 Å². The first-order valence-corrected chi connectivity index (χ1v) is 15.2. The summed E-state index contributed by atoms with van der Waals surface area (Å²) in [4.78, 5) is 38.4. The third kappa shape index (κ3) is 8.97. The molecule has 0 aromatic heterocycles. The topological polar surface area (TPSA) is 154 Å². The number of amides is 3. The Bertz CT molecular complexity index is 1390. The van der Waals surface area contributed by atoms with Crippen molar-refractivity contribution in [1.82, 2.24) is 20.7 Å². The summed E-state index contributed by atoms with van der Waals surface area (Å²) in [5.74, 6) is -1.37. The fraction of sp³-hybridized carbons (Fsp3) is 0.433. The van der Waals surface area contributed by atoms with Gasteiger partial charge in [-0.15, -0.1) is 0 Å². The molecule has 10 nitrogen and oxygen atoms in total. The maximum absolute atomic E-state index is 13.5. The lowest BCUT2D eigenvalue weighted by Crippen LogP contribution is -2.48. The molecular formula is C30H40N4O6S. The Morgan fingerprint density at radius 1 is 0.878 bits per heavy atom. The zero-order valence-corrected chi connectivity index (χ0v) is 24.9. The van der Waals surface area contributed by atoms with Crippen LogP contribution in [0.25, 0.3) is 4.91 Å². The van der Waals surface area contributed by atoms with Crippen molar-refractivity contribution in [3.63, 3.8) is 0 Å². The van der Waals surface area contributed by atoms with Gasteiger partial charge >= 0.3 is 0 Å². The van der Waals surface area contributed by atoms with Crippen molar-refractivity contribution in [3.05, 3.63) is 76.9 Å². The average molecular weight is 585 g/mol. The standard InChI is InChI=1S/C30H40N4O6S/c1-18(2)11-25(26(35)17-31-16-19(3)4)33-30(38)24-13-22(27-15-28(36)34-41(27,39)40)12-23(14-24)29(37)32-20(5)21-9-7-6-8-10-21/h6-10,12-15,18-20,25-26,31,35H,11,16-17H2,1-5H3,(H,32,37)(H,33,38)(H,34,36)/t20-,25+,26-/m1/s1. The Morgan fingerprint density at radius 3 is 2.02 bits per heavy atom. The molecule has 2 aromatic carbocycles. The monoisotopic (exact) mass is 584 g/mol. The Hall–Kier alpha value is -3.54. The molecule has 3 amide bonds. The number of rotatable bonds is 13. The first-order valence-electron chi connectivity index (χ1n) is 13.8. The number of benzene rings is 2. The maximum atomic E-state index is 13.5. The van der Waals surface area contributed by atoms with Crippen LogP contribution < -0.4 is 20.7 Å². The van der Waals surface area contributed by atoms with E-state index in [9.17, 15) is 27.9 Å². The van der Waals surface area contributed by atoms with E-state index in [1.807, 2.05) is 55.8 Å². The van der Waals surface area contributed by atoms with E-state index in [-0.39, 0.29) is 40.1 Å². The summed E-state index contributed by atoms with van der Waals surface area (Å²) in [7, 11) is -4.16. The van der Waals surface area contributed by atoms with Crippen molar-refractivity contribution < 1.29 is 27.9 Å². The molecular weight excluding hydrogens is 544 g/mol. The fourth-order valence-corrected chi connectivity index (χ4v) is 5.65. The molecule has 5 N–H and O–H groups in total. The molecule has 41 heavy (non-hydrogen) atoms. The lowest BCUT2D eigenvalue weighted by molar-refractivity contribution is -0.114. The number of hydrogen-bond acceptors (Lipinski definition) is 7. The zero-order chi connectivity index (χ0) is 30.3. The first kappa shape index (κ1) is 32.0. The quantitative estimate of drug-likeness (QED) is 0.243. The van der Waals surface area contributed by atoms with Crippen molar-refractivity contribution in [3.8, 4) is 0 Å². The number of aliphatic hydroxyl groups excluding tert-OH is 1.